The first-order valence-electron chi connectivity index (χ1n) is 15.6. The van der Waals surface area contributed by atoms with Gasteiger partial charge in [0.2, 0.25) is 0 Å². The van der Waals surface area contributed by atoms with Crippen LogP contribution in [0.4, 0.5) is 0 Å². The van der Waals surface area contributed by atoms with Gasteiger partial charge in [-0.3, -0.25) is 0 Å². The zero-order chi connectivity index (χ0) is 27.8. The molecule has 4 aliphatic carbocycles. The number of likely N-dealkylation sites (N-methyl/N-ethyl adjacent to an activating group) is 1. The Morgan fingerprint density at radius 2 is 1.64 bits per heavy atom. The van der Waals surface area contributed by atoms with Gasteiger partial charge in [-0.1, -0.05) is 31.5 Å². The van der Waals surface area contributed by atoms with E-state index in [0.717, 1.165) is 33.7 Å². The number of fused-ring (bicyclic) bond motifs is 6. The van der Waals surface area contributed by atoms with E-state index in [1.165, 1.54) is 89.4 Å². The van der Waals surface area contributed by atoms with Gasteiger partial charge in [0, 0.05) is 11.8 Å². The maximum atomic E-state index is 11.7. The van der Waals surface area contributed by atoms with E-state index in [2.05, 4.69) is 20.9 Å². The van der Waals surface area contributed by atoms with Crippen molar-refractivity contribution in [3.05, 3.63) is 29.8 Å². The molecule has 0 radical (unpaired) electrons. The molecule has 7 rings (SSSR count). The van der Waals surface area contributed by atoms with Crippen molar-refractivity contribution < 1.29 is 27.3 Å². The van der Waals surface area contributed by atoms with Crippen LogP contribution >= 0.6 is 0 Å². The first-order chi connectivity index (χ1) is 18.3. The Bertz CT molecular complexity index is 1160. The van der Waals surface area contributed by atoms with E-state index >= 15 is 0 Å². The molecular formula is C32H49NO5S. The molecule has 2 heterocycles. The van der Waals surface area contributed by atoms with Crippen molar-refractivity contribution in [1.82, 2.24) is 0 Å². The van der Waals surface area contributed by atoms with Crippen LogP contribution in [0, 0.1) is 41.4 Å². The fraction of sp³-hybridized carbons (Fsp3) is 0.812. The second-order valence-electron chi connectivity index (χ2n) is 14.9. The van der Waals surface area contributed by atoms with E-state index in [4.69, 9.17) is 4.74 Å². The topological polar surface area (TPSA) is 90.0 Å². The number of piperidine rings is 1. The minimum absolute atomic E-state index is 0.0884. The second-order valence-corrected chi connectivity index (χ2v) is 16.2. The lowest BCUT2D eigenvalue weighted by molar-refractivity contribution is -0.940. The number of quaternary nitrogens is 1. The summed E-state index contributed by atoms with van der Waals surface area (Å²) in [6.45, 7) is 9.51. The second kappa shape index (κ2) is 9.79. The third kappa shape index (κ3) is 4.82. The highest BCUT2D eigenvalue weighted by Gasteiger charge is 2.66. The number of aliphatic hydroxyl groups is 1. The number of ether oxygens (including phenoxy) is 1. The number of aliphatic hydroxyl groups excluding tert-OH is 1. The molecule has 0 bridgehead atoms. The van der Waals surface area contributed by atoms with Crippen molar-refractivity contribution in [3.8, 4) is 0 Å². The molecule has 3 unspecified atom stereocenters. The number of aryl methyl sites for hydroxylation is 1. The Kier molecular flexibility index (Phi) is 7.07. The molecule has 6 nitrogen and oxygen atoms in total. The van der Waals surface area contributed by atoms with Crippen molar-refractivity contribution >= 4 is 10.1 Å². The molecular weight excluding hydrogens is 510 g/mol. The molecule has 0 aromatic heterocycles. The first-order valence-corrected chi connectivity index (χ1v) is 17.0. The highest BCUT2D eigenvalue weighted by atomic mass is 32.2. The van der Waals surface area contributed by atoms with Crippen LogP contribution in [0.1, 0.15) is 83.6 Å². The number of hydrogen-bond donors (Lipinski definition) is 1. The summed E-state index contributed by atoms with van der Waals surface area (Å²) >= 11 is 0. The fourth-order valence-corrected chi connectivity index (χ4v) is 10.8. The van der Waals surface area contributed by atoms with E-state index in [1.54, 1.807) is 12.1 Å². The van der Waals surface area contributed by atoms with Crippen molar-refractivity contribution in [2.75, 3.05) is 20.1 Å². The minimum atomic E-state index is -4.27. The monoisotopic (exact) mass is 559 g/mol. The average molecular weight is 560 g/mol. The zero-order valence-electron chi connectivity index (χ0n) is 24.3. The molecule has 6 aliphatic rings. The predicted molar refractivity (Wildman–Crippen MR) is 150 cm³/mol. The van der Waals surface area contributed by atoms with Crippen LogP contribution in [0.2, 0.25) is 0 Å². The summed E-state index contributed by atoms with van der Waals surface area (Å²) < 4.78 is 38.3. The molecule has 0 amide bonds. The van der Waals surface area contributed by atoms with Crippen molar-refractivity contribution in [2.24, 2.45) is 34.5 Å². The maximum Gasteiger partial charge on any atom is 0.124 e. The number of hydrogen-bond acceptors (Lipinski definition) is 5. The van der Waals surface area contributed by atoms with Gasteiger partial charge in [-0.15, -0.1) is 0 Å². The number of rotatable bonds is 2. The zero-order valence-corrected chi connectivity index (χ0v) is 25.2. The maximum absolute atomic E-state index is 11.7. The third-order valence-electron chi connectivity index (χ3n) is 12.8. The number of nitrogens with zero attached hydrogens (tertiary/aromatic N) is 1. The molecule has 218 valence electrons. The van der Waals surface area contributed by atoms with Crippen molar-refractivity contribution in [1.29, 1.82) is 0 Å². The lowest BCUT2D eigenvalue weighted by Gasteiger charge is -2.59. The van der Waals surface area contributed by atoms with Crippen LogP contribution < -0.4 is 0 Å². The van der Waals surface area contributed by atoms with Crippen molar-refractivity contribution in [2.45, 2.75) is 114 Å². The molecule has 6 fully saturated rings. The van der Waals surface area contributed by atoms with Gasteiger partial charge in [0.1, 0.15) is 22.3 Å². The van der Waals surface area contributed by atoms with E-state index in [9.17, 15) is 18.1 Å². The molecule has 1 aromatic carbocycles. The van der Waals surface area contributed by atoms with Gasteiger partial charge in [0.05, 0.1) is 37.2 Å². The Morgan fingerprint density at radius 3 is 2.31 bits per heavy atom. The highest BCUT2D eigenvalue weighted by molar-refractivity contribution is 7.85. The molecule has 4 saturated carbocycles. The molecule has 39 heavy (non-hydrogen) atoms. The van der Waals surface area contributed by atoms with Crippen LogP contribution in [0.5, 0.6) is 0 Å². The van der Waals surface area contributed by atoms with Gasteiger partial charge in [-0.05, 0) is 106 Å². The fourth-order valence-electron chi connectivity index (χ4n) is 10.4. The predicted octanol–water partition coefficient (Wildman–Crippen LogP) is 5.28. The summed E-state index contributed by atoms with van der Waals surface area (Å²) in [7, 11) is -1.80. The van der Waals surface area contributed by atoms with Crippen molar-refractivity contribution in [3.63, 3.8) is 0 Å². The molecule has 2 aliphatic heterocycles. The van der Waals surface area contributed by atoms with Gasteiger partial charge in [-0.2, -0.15) is 0 Å². The van der Waals surface area contributed by atoms with Gasteiger partial charge < -0.3 is 18.9 Å². The highest BCUT2D eigenvalue weighted by Crippen LogP contribution is 2.68. The number of benzene rings is 1. The largest absolute Gasteiger partial charge is 0.744 e. The smallest absolute Gasteiger partial charge is 0.124 e. The summed E-state index contributed by atoms with van der Waals surface area (Å²) in [5.74, 6) is 3.38. The summed E-state index contributed by atoms with van der Waals surface area (Å²) in [5.41, 5.74) is 1.60. The Morgan fingerprint density at radius 1 is 0.949 bits per heavy atom. The lowest BCUT2D eigenvalue weighted by atomic mass is 9.45. The van der Waals surface area contributed by atoms with Gasteiger partial charge >= 0.3 is 0 Å². The Balaban J connectivity index is 0.000000213. The standard InChI is InChI=1S/C25H42NO2.C7H8O3S/c1-24-10-9-18-17(8-7-16-13-21-22(28-21)15-25(16,18)2)19(24)14-20(23(24)27)26(3)11-5-4-6-12-26;1-6-2-4-7(5-3-6)11(8,9)10/h16-23,27H,4-15H2,1-3H3;2-5H,1H3,(H,8,9,10)/q+1;/p-1/t16-,17?,18?,19?,20-,21+,22-,23+,24-,25-;/m0./s1. The molecule has 10 atom stereocenters. The summed E-state index contributed by atoms with van der Waals surface area (Å²) in [4.78, 5) is -0.178. The number of epoxide rings is 1. The van der Waals surface area contributed by atoms with E-state index in [-0.39, 0.29) is 16.4 Å². The van der Waals surface area contributed by atoms with E-state index in [1.807, 2.05) is 6.92 Å². The molecule has 2 saturated heterocycles. The quantitative estimate of drug-likeness (QED) is 0.303. The molecule has 1 N–H and O–H groups in total. The van der Waals surface area contributed by atoms with E-state index < -0.39 is 10.1 Å². The Hall–Kier alpha value is -0.990. The number of likely N-dealkylation sites (tertiary alicyclic amines) is 1. The normalized spacial score (nSPS) is 46.0. The van der Waals surface area contributed by atoms with Crippen LogP contribution in [0.25, 0.3) is 0 Å². The summed E-state index contributed by atoms with van der Waals surface area (Å²) in [6, 6.07) is 6.27. The van der Waals surface area contributed by atoms with E-state index in [0.29, 0.717) is 23.7 Å². The van der Waals surface area contributed by atoms with Crippen LogP contribution in [0.15, 0.2) is 29.2 Å². The van der Waals surface area contributed by atoms with Gasteiger partial charge in [-0.25, -0.2) is 8.42 Å². The van der Waals surface area contributed by atoms with Crippen LogP contribution in [-0.4, -0.2) is 67.1 Å². The first kappa shape index (κ1) is 28.1. The molecule has 0 spiro atoms. The van der Waals surface area contributed by atoms with Crippen LogP contribution in [-0.2, 0) is 14.9 Å². The van der Waals surface area contributed by atoms with Gasteiger partial charge in [0.25, 0.3) is 0 Å². The van der Waals surface area contributed by atoms with Gasteiger partial charge in [0.15, 0.2) is 0 Å². The molecule has 7 heteroatoms. The Labute approximate surface area is 235 Å². The SMILES string of the molecule is C[C@]12CCC3C(CC[C@H]4C[C@H]5O[C@H]5C[C@]34C)C1C[C@H]([N+]1(C)CCCCC1)[C@H]2O.Cc1ccc(S(=O)(=O)[O-])cc1. The molecule has 1 aromatic rings. The average Bonchev–Trinajstić information content (AvgIpc) is 3.57. The minimum Gasteiger partial charge on any atom is -0.744 e. The van der Waals surface area contributed by atoms with Crippen LogP contribution in [0.3, 0.4) is 0 Å². The summed E-state index contributed by atoms with van der Waals surface area (Å²) in [5, 5.41) is 11.7. The summed E-state index contributed by atoms with van der Waals surface area (Å²) in [6.07, 6.45) is 14.6. The lowest BCUT2D eigenvalue weighted by Crippen LogP contribution is -2.59. The third-order valence-corrected chi connectivity index (χ3v) is 13.7.